The van der Waals surface area contributed by atoms with Gasteiger partial charge in [0.15, 0.2) is 0 Å². The number of hydrogen-bond donors (Lipinski definition) is 1. The third-order valence-corrected chi connectivity index (χ3v) is 2.20. The minimum Gasteiger partial charge on any atom is -0.478 e. The lowest BCUT2D eigenvalue weighted by atomic mass is 10.1. The molecule has 0 aromatic heterocycles. The molecule has 0 spiro atoms. The lowest BCUT2D eigenvalue weighted by molar-refractivity contribution is 0.0697. The molecule has 0 aliphatic carbocycles. The second-order valence-corrected chi connectivity index (χ2v) is 3.16. The molecule has 0 saturated heterocycles. The Labute approximate surface area is 93.5 Å². The van der Waals surface area contributed by atoms with Crippen LogP contribution in [0.5, 0.6) is 0 Å². The standard InChI is InChI=1S/C12H12FNO2/c1-3-8-14(4-2)11-9(12(15)16)6-5-7-10(11)13/h1,5-7H,4,8H2,2H3,(H,15,16). The number of halogens is 1. The Balaban J connectivity index is 3.29. The second-order valence-electron chi connectivity index (χ2n) is 3.16. The number of rotatable bonds is 4. The quantitative estimate of drug-likeness (QED) is 0.790. The van der Waals surface area contributed by atoms with Gasteiger partial charge in [-0.25, -0.2) is 9.18 Å². The predicted molar refractivity (Wildman–Crippen MR) is 60.1 cm³/mol. The summed E-state index contributed by atoms with van der Waals surface area (Å²) in [6.07, 6.45) is 5.16. The van der Waals surface area contributed by atoms with Crippen molar-refractivity contribution in [1.29, 1.82) is 0 Å². The molecule has 0 aliphatic heterocycles. The topological polar surface area (TPSA) is 40.5 Å². The molecule has 84 valence electrons. The van der Waals surface area contributed by atoms with E-state index in [4.69, 9.17) is 11.5 Å². The Morgan fingerprint density at radius 2 is 2.31 bits per heavy atom. The number of para-hydroxylation sites is 1. The molecule has 0 amide bonds. The average molecular weight is 221 g/mol. The molecule has 0 saturated carbocycles. The van der Waals surface area contributed by atoms with Crippen LogP contribution in [-0.2, 0) is 0 Å². The van der Waals surface area contributed by atoms with Crippen LogP contribution in [0.15, 0.2) is 18.2 Å². The smallest absolute Gasteiger partial charge is 0.337 e. The summed E-state index contributed by atoms with van der Waals surface area (Å²) >= 11 is 0. The van der Waals surface area contributed by atoms with Gasteiger partial charge in [-0.3, -0.25) is 0 Å². The maximum Gasteiger partial charge on any atom is 0.337 e. The van der Waals surface area contributed by atoms with Gasteiger partial charge < -0.3 is 10.0 Å². The third kappa shape index (κ3) is 2.31. The summed E-state index contributed by atoms with van der Waals surface area (Å²) in [5.74, 6) is 0.643. The zero-order chi connectivity index (χ0) is 12.1. The first kappa shape index (κ1) is 12.1. The molecular weight excluding hydrogens is 209 g/mol. The molecule has 0 radical (unpaired) electrons. The van der Waals surface area contributed by atoms with Crippen molar-refractivity contribution in [2.24, 2.45) is 0 Å². The average Bonchev–Trinajstić information content (AvgIpc) is 2.26. The van der Waals surface area contributed by atoms with E-state index in [-0.39, 0.29) is 17.8 Å². The Bertz CT molecular complexity index is 437. The van der Waals surface area contributed by atoms with E-state index in [2.05, 4.69) is 5.92 Å². The number of benzene rings is 1. The fraction of sp³-hybridized carbons (Fsp3) is 0.250. The molecule has 1 aromatic rings. The third-order valence-electron chi connectivity index (χ3n) is 2.20. The highest BCUT2D eigenvalue weighted by atomic mass is 19.1. The van der Waals surface area contributed by atoms with E-state index in [0.717, 1.165) is 0 Å². The molecule has 0 aliphatic rings. The van der Waals surface area contributed by atoms with E-state index >= 15 is 0 Å². The number of nitrogens with zero attached hydrogens (tertiary/aromatic N) is 1. The van der Waals surface area contributed by atoms with E-state index in [1.165, 1.54) is 23.1 Å². The Morgan fingerprint density at radius 3 is 2.81 bits per heavy atom. The van der Waals surface area contributed by atoms with Crippen molar-refractivity contribution in [2.75, 3.05) is 18.0 Å². The summed E-state index contributed by atoms with van der Waals surface area (Å²) in [5, 5.41) is 8.96. The summed E-state index contributed by atoms with van der Waals surface area (Å²) in [5.41, 5.74) is -0.0208. The molecule has 0 bridgehead atoms. The summed E-state index contributed by atoms with van der Waals surface area (Å²) in [4.78, 5) is 12.5. The van der Waals surface area contributed by atoms with Gasteiger partial charge in [0.25, 0.3) is 0 Å². The van der Waals surface area contributed by atoms with Crippen molar-refractivity contribution in [1.82, 2.24) is 0 Å². The van der Waals surface area contributed by atoms with Crippen LogP contribution in [0.4, 0.5) is 10.1 Å². The van der Waals surface area contributed by atoms with E-state index in [1.807, 2.05) is 0 Å². The van der Waals surface area contributed by atoms with E-state index in [9.17, 15) is 9.18 Å². The normalized spacial score (nSPS) is 9.56. The summed E-state index contributed by atoms with van der Waals surface area (Å²) in [6, 6.07) is 3.95. The Kier molecular flexibility index (Phi) is 3.90. The lowest BCUT2D eigenvalue weighted by Gasteiger charge is -2.22. The van der Waals surface area contributed by atoms with E-state index in [1.54, 1.807) is 6.92 Å². The molecule has 0 unspecified atom stereocenters. The van der Waals surface area contributed by atoms with Gasteiger partial charge in [0.05, 0.1) is 17.8 Å². The van der Waals surface area contributed by atoms with Crippen molar-refractivity contribution in [3.8, 4) is 12.3 Å². The monoisotopic (exact) mass is 221 g/mol. The van der Waals surface area contributed by atoms with Gasteiger partial charge in [0, 0.05) is 6.54 Å². The number of aromatic carboxylic acids is 1. The minimum atomic E-state index is -1.16. The van der Waals surface area contributed by atoms with Gasteiger partial charge in [0.2, 0.25) is 0 Å². The van der Waals surface area contributed by atoms with Crippen LogP contribution in [0, 0.1) is 18.2 Å². The van der Waals surface area contributed by atoms with Crippen LogP contribution in [0.2, 0.25) is 0 Å². The number of terminal acetylenes is 1. The van der Waals surface area contributed by atoms with Crippen molar-refractivity contribution < 1.29 is 14.3 Å². The molecule has 3 nitrogen and oxygen atoms in total. The number of hydrogen-bond acceptors (Lipinski definition) is 2. The van der Waals surface area contributed by atoms with Crippen LogP contribution in [0.25, 0.3) is 0 Å². The van der Waals surface area contributed by atoms with Crippen LogP contribution in [0.3, 0.4) is 0 Å². The molecule has 4 heteroatoms. The van der Waals surface area contributed by atoms with E-state index < -0.39 is 11.8 Å². The molecule has 0 heterocycles. The first-order valence-electron chi connectivity index (χ1n) is 4.82. The highest BCUT2D eigenvalue weighted by Gasteiger charge is 2.18. The van der Waals surface area contributed by atoms with Crippen molar-refractivity contribution in [3.05, 3.63) is 29.6 Å². The first-order chi connectivity index (χ1) is 7.61. The zero-order valence-electron chi connectivity index (χ0n) is 8.90. The molecule has 1 aromatic carbocycles. The van der Waals surface area contributed by atoms with Crippen LogP contribution in [0.1, 0.15) is 17.3 Å². The Hall–Kier alpha value is -2.02. The number of carbonyl (C=O) groups is 1. The van der Waals surface area contributed by atoms with Crippen LogP contribution < -0.4 is 4.90 Å². The molecular formula is C12H12FNO2. The fourth-order valence-corrected chi connectivity index (χ4v) is 1.47. The maximum atomic E-state index is 13.6. The summed E-state index contributed by atoms with van der Waals surface area (Å²) in [7, 11) is 0. The molecule has 1 N–H and O–H groups in total. The van der Waals surface area contributed by atoms with Crippen molar-refractivity contribution in [2.45, 2.75) is 6.92 Å². The SMILES string of the molecule is C#CCN(CC)c1c(F)cccc1C(=O)O. The molecule has 16 heavy (non-hydrogen) atoms. The summed E-state index contributed by atoms with van der Waals surface area (Å²) in [6.45, 7) is 2.42. The highest BCUT2D eigenvalue weighted by molar-refractivity contribution is 5.94. The van der Waals surface area contributed by atoms with Gasteiger partial charge in [0.1, 0.15) is 5.82 Å². The summed E-state index contributed by atoms with van der Waals surface area (Å²) < 4.78 is 13.6. The molecule has 0 fully saturated rings. The number of carboxylic acids is 1. The van der Waals surface area contributed by atoms with Gasteiger partial charge in [-0.05, 0) is 19.1 Å². The van der Waals surface area contributed by atoms with Crippen molar-refractivity contribution >= 4 is 11.7 Å². The van der Waals surface area contributed by atoms with E-state index in [0.29, 0.717) is 6.54 Å². The largest absolute Gasteiger partial charge is 0.478 e. The zero-order valence-corrected chi connectivity index (χ0v) is 8.90. The van der Waals surface area contributed by atoms with Gasteiger partial charge in [-0.15, -0.1) is 6.42 Å². The first-order valence-corrected chi connectivity index (χ1v) is 4.82. The van der Waals surface area contributed by atoms with Crippen LogP contribution in [-0.4, -0.2) is 24.2 Å². The van der Waals surface area contributed by atoms with Gasteiger partial charge in [-0.1, -0.05) is 12.0 Å². The highest BCUT2D eigenvalue weighted by Crippen LogP contribution is 2.24. The van der Waals surface area contributed by atoms with Gasteiger partial charge in [-0.2, -0.15) is 0 Å². The minimum absolute atomic E-state index is 0.0513. The van der Waals surface area contributed by atoms with Crippen LogP contribution >= 0.6 is 0 Å². The lowest BCUT2D eigenvalue weighted by Crippen LogP contribution is -2.26. The second kappa shape index (κ2) is 5.17. The number of anilines is 1. The molecule has 1 rings (SSSR count). The maximum absolute atomic E-state index is 13.6. The number of carboxylic acid groups (broad SMARTS) is 1. The van der Waals surface area contributed by atoms with Gasteiger partial charge >= 0.3 is 5.97 Å². The van der Waals surface area contributed by atoms with Crippen molar-refractivity contribution in [3.63, 3.8) is 0 Å². The predicted octanol–water partition coefficient (Wildman–Crippen LogP) is 1.98. The molecule has 0 atom stereocenters. The Morgan fingerprint density at radius 1 is 1.62 bits per heavy atom. The fourth-order valence-electron chi connectivity index (χ4n) is 1.47.